The van der Waals surface area contributed by atoms with Gasteiger partial charge in [-0.3, -0.25) is 4.79 Å². The molecule has 3 heterocycles. The van der Waals surface area contributed by atoms with Crippen LogP contribution in [0.4, 0.5) is 5.69 Å². The number of pyridine rings is 1. The molecule has 3 aromatic rings. The van der Waals surface area contributed by atoms with Crippen LogP contribution in [0.2, 0.25) is 0 Å². The van der Waals surface area contributed by atoms with Gasteiger partial charge in [-0.2, -0.15) is 5.10 Å². The average Bonchev–Trinajstić information content (AvgIpc) is 3.41. The van der Waals surface area contributed by atoms with E-state index in [4.69, 9.17) is 4.98 Å². The summed E-state index contributed by atoms with van der Waals surface area (Å²) in [6.45, 7) is 1.85. The van der Waals surface area contributed by atoms with Crippen LogP contribution in [0.5, 0.6) is 0 Å². The highest BCUT2D eigenvalue weighted by Crippen LogP contribution is 2.41. The smallest absolute Gasteiger partial charge is 0.256 e. The Labute approximate surface area is 169 Å². The van der Waals surface area contributed by atoms with Crippen molar-refractivity contribution in [3.63, 3.8) is 0 Å². The summed E-state index contributed by atoms with van der Waals surface area (Å²) >= 11 is 0. The monoisotopic (exact) mass is 410 g/mol. The molecule has 1 saturated carbocycles. The Kier molecular flexibility index (Phi) is 4.20. The van der Waals surface area contributed by atoms with Gasteiger partial charge >= 0.3 is 0 Å². The predicted molar refractivity (Wildman–Crippen MR) is 111 cm³/mol. The first kappa shape index (κ1) is 18.3. The number of rotatable bonds is 4. The molecule has 0 spiro atoms. The first-order chi connectivity index (χ1) is 13.9. The zero-order valence-electron chi connectivity index (χ0n) is 16.1. The maximum Gasteiger partial charge on any atom is 0.256 e. The summed E-state index contributed by atoms with van der Waals surface area (Å²) in [6.07, 6.45) is 2.64. The van der Waals surface area contributed by atoms with Gasteiger partial charge in [0.15, 0.2) is 15.5 Å². The third-order valence-electron chi connectivity index (χ3n) is 5.68. The molecule has 2 aromatic heterocycles. The second kappa shape index (κ2) is 6.66. The maximum atomic E-state index is 13.1. The third kappa shape index (κ3) is 3.42. The first-order valence-corrected chi connectivity index (χ1v) is 11.7. The summed E-state index contributed by atoms with van der Waals surface area (Å²) in [5.41, 5.74) is 3.47. The van der Waals surface area contributed by atoms with E-state index >= 15 is 0 Å². The Morgan fingerprint density at radius 2 is 1.93 bits per heavy atom. The molecule has 1 saturated heterocycles. The minimum absolute atomic E-state index is 0.0735. The predicted octanol–water partition coefficient (Wildman–Crippen LogP) is 3.23. The number of para-hydroxylation sites is 1. The number of benzene rings is 1. The molecule has 2 fully saturated rings. The molecule has 0 radical (unpaired) electrons. The Balaban J connectivity index is 1.63. The van der Waals surface area contributed by atoms with E-state index in [-0.39, 0.29) is 23.5 Å². The molecule has 8 heteroatoms. The van der Waals surface area contributed by atoms with E-state index in [0.717, 1.165) is 24.2 Å². The number of nitrogens with zero attached hydrogens (tertiary/aromatic N) is 3. The van der Waals surface area contributed by atoms with Gasteiger partial charge in [-0.15, -0.1) is 0 Å². The van der Waals surface area contributed by atoms with Crippen molar-refractivity contribution >= 4 is 32.5 Å². The van der Waals surface area contributed by atoms with E-state index in [0.29, 0.717) is 34.6 Å². The minimum atomic E-state index is -3.05. The van der Waals surface area contributed by atoms with Gasteiger partial charge in [0.2, 0.25) is 0 Å². The van der Waals surface area contributed by atoms with Crippen molar-refractivity contribution in [2.45, 2.75) is 38.1 Å². The van der Waals surface area contributed by atoms with Crippen LogP contribution in [0.15, 0.2) is 36.4 Å². The molecule has 1 aromatic carbocycles. The second-order valence-electron chi connectivity index (χ2n) is 7.97. The fourth-order valence-electron chi connectivity index (χ4n) is 4.04. The maximum absolute atomic E-state index is 13.1. The zero-order valence-corrected chi connectivity index (χ0v) is 16.9. The standard InChI is InChI=1S/C21H22N4O3S/c1-13-19-17(21(26)22-15-5-3-2-4-6-15)11-18(14-7-8-14)23-20(19)25(24-13)16-9-10-29(27,28)12-16/h2-6,11,14,16H,7-10,12H2,1H3,(H,22,26)/t16-/m1/s1. The Hall–Kier alpha value is -2.74. The van der Waals surface area contributed by atoms with Gasteiger partial charge in [-0.05, 0) is 44.4 Å². The van der Waals surface area contributed by atoms with Gasteiger partial charge in [0.1, 0.15) is 0 Å². The van der Waals surface area contributed by atoms with Crippen molar-refractivity contribution in [2.24, 2.45) is 0 Å². The SMILES string of the molecule is Cc1nn([C@@H]2CCS(=O)(=O)C2)c2nc(C3CC3)cc(C(=O)Nc3ccccc3)c12. The topological polar surface area (TPSA) is 93.9 Å². The van der Waals surface area contributed by atoms with Crippen LogP contribution in [0.3, 0.4) is 0 Å². The van der Waals surface area contributed by atoms with Crippen molar-refractivity contribution in [3.8, 4) is 0 Å². The highest BCUT2D eigenvalue weighted by Gasteiger charge is 2.34. The van der Waals surface area contributed by atoms with Crippen LogP contribution in [0.1, 0.15) is 53.0 Å². The number of carbonyl (C=O) groups excluding carboxylic acids is 1. The minimum Gasteiger partial charge on any atom is -0.322 e. The van der Waals surface area contributed by atoms with E-state index < -0.39 is 9.84 Å². The van der Waals surface area contributed by atoms with E-state index in [2.05, 4.69) is 10.4 Å². The van der Waals surface area contributed by atoms with E-state index in [1.807, 2.05) is 43.3 Å². The number of sulfone groups is 1. The van der Waals surface area contributed by atoms with Crippen LogP contribution >= 0.6 is 0 Å². The fourth-order valence-corrected chi connectivity index (χ4v) is 5.73. The lowest BCUT2D eigenvalue weighted by molar-refractivity contribution is 0.102. The average molecular weight is 410 g/mol. The summed E-state index contributed by atoms with van der Waals surface area (Å²) in [4.78, 5) is 18.0. The summed E-state index contributed by atoms with van der Waals surface area (Å²) in [7, 11) is -3.05. The molecule has 5 rings (SSSR count). The molecule has 0 unspecified atom stereocenters. The molecule has 1 aliphatic heterocycles. The Morgan fingerprint density at radius 3 is 2.59 bits per heavy atom. The summed E-state index contributed by atoms with van der Waals surface area (Å²) < 4.78 is 25.7. The van der Waals surface area contributed by atoms with E-state index in [9.17, 15) is 13.2 Å². The first-order valence-electron chi connectivity index (χ1n) is 9.88. The van der Waals surface area contributed by atoms with Crippen molar-refractivity contribution in [2.75, 3.05) is 16.8 Å². The van der Waals surface area contributed by atoms with Crippen molar-refractivity contribution < 1.29 is 13.2 Å². The Morgan fingerprint density at radius 1 is 1.17 bits per heavy atom. The number of anilines is 1. The molecule has 1 atom stereocenters. The fraction of sp³-hybridized carbons (Fsp3) is 0.381. The van der Waals surface area contributed by atoms with Gasteiger partial charge in [0.25, 0.3) is 5.91 Å². The van der Waals surface area contributed by atoms with Gasteiger partial charge in [-0.25, -0.2) is 18.1 Å². The molecule has 150 valence electrons. The van der Waals surface area contributed by atoms with Gasteiger partial charge in [0.05, 0.1) is 34.2 Å². The number of amides is 1. The van der Waals surface area contributed by atoms with E-state index in [1.165, 1.54) is 0 Å². The zero-order chi connectivity index (χ0) is 20.2. The third-order valence-corrected chi connectivity index (χ3v) is 7.43. The summed E-state index contributed by atoms with van der Waals surface area (Å²) in [6, 6.07) is 11.0. The lowest BCUT2D eigenvalue weighted by atomic mass is 10.1. The highest BCUT2D eigenvalue weighted by molar-refractivity contribution is 7.91. The lowest BCUT2D eigenvalue weighted by Crippen LogP contribution is -2.15. The number of hydrogen-bond donors (Lipinski definition) is 1. The van der Waals surface area contributed by atoms with Crippen LogP contribution in [-0.2, 0) is 9.84 Å². The number of fused-ring (bicyclic) bond motifs is 1. The van der Waals surface area contributed by atoms with Crippen LogP contribution in [-0.4, -0.2) is 40.6 Å². The largest absolute Gasteiger partial charge is 0.322 e. The molecular weight excluding hydrogens is 388 g/mol. The van der Waals surface area contributed by atoms with Crippen LogP contribution in [0, 0.1) is 6.92 Å². The number of hydrogen-bond acceptors (Lipinski definition) is 5. The molecule has 2 aliphatic rings. The quantitative estimate of drug-likeness (QED) is 0.713. The van der Waals surface area contributed by atoms with Gasteiger partial charge in [-0.1, -0.05) is 18.2 Å². The van der Waals surface area contributed by atoms with Crippen LogP contribution < -0.4 is 5.32 Å². The summed E-state index contributed by atoms with van der Waals surface area (Å²) in [5, 5.41) is 8.28. The Bertz CT molecular complexity index is 1210. The lowest BCUT2D eigenvalue weighted by Gasteiger charge is -2.12. The van der Waals surface area contributed by atoms with E-state index in [1.54, 1.807) is 4.68 Å². The highest BCUT2D eigenvalue weighted by atomic mass is 32.2. The van der Waals surface area contributed by atoms with Crippen LogP contribution in [0.25, 0.3) is 11.0 Å². The molecule has 7 nitrogen and oxygen atoms in total. The summed E-state index contributed by atoms with van der Waals surface area (Å²) in [5.74, 6) is 0.400. The molecule has 29 heavy (non-hydrogen) atoms. The molecule has 0 bridgehead atoms. The van der Waals surface area contributed by atoms with Gasteiger partial charge in [0, 0.05) is 17.3 Å². The number of aromatic nitrogens is 3. The van der Waals surface area contributed by atoms with Crippen molar-refractivity contribution in [1.82, 2.24) is 14.8 Å². The van der Waals surface area contributed by atoms with Gasteiger partial charge < -0.3 is 5.32 Å². The van der Waals surface area contributed by atoms with Crippen molar-refractivity contribution in [3.05, 3.63) is 53.3 Å². The number of aryl methyl sites for hydroxylation is 1. The number of nitrogens with one attached hydrogen (secondary N) is 1. The van der Waals surface area contributed by atoms with Crippen molar-refractivity contribution in [1.29, 1.82) is 0 Å². The molecule has 1 amide bonds. The number of carbonyl (C=O) groups is 1. The molecular formula is C21H22N4O3S. The normalized spacial score (nSPS) is 20.8. The second-order valence-corrected chi connectivity index (χ2v) is 10.2. The molecule has 1 N–H and O–H groups in total. The molecule has 1 aliphatic carbocycles.